The molecule has 1 saturated heterocycles. The Labute approximate surface area is 117 Å². The third-order valence-corrected chi connectivity index (χ3v) is 4.21. The molecule has 2 rings (SSSR count). The molecule has 18 heavy (non-hydrogen) atoms. The second-order valence-electron chi connectivity index (χ2n) is 4.90. The van der Waals surface area contributed by atoms with E-state index in [2.05, 4.69) is 39.3 Å². The summed E-state index contributed by atoms with van der Waals surface area (Å²) in [6.07, 6.45) is 2.47. The van der Waals surface area contributed by atoms with E-state index >= 15 is 0 Å². The van der Waals surface area contributed by atoms with Crippen molar-refractivity contribution in [2.45, 2.75) is 12.8 Å². The van der Waals surface area contributed by atoms with Gasteiger partial charge in [0, 0.05) is 11.0 Å². The number of halogens is 1. The first-order valence-electron chi connectivity index (χ1n) is 6.31. The Bertz CT molecular complexity index is 445. The van der Waals surface area contributed by atoms with Gasteiger partial charge in [0.2, 0.25) is 0 Å². The van der Waals surface area contributed by atoms with Gasteiger partial charge in [-0.1, -0.05) is 6.07 Å². The average molecular weight is 308 g/mol. The molecule has 0 aliphatic carbocycles. The van der Waals surface area contributed by atoms with E-state index in [-0.39, 0.29) is 0 Å². The van der Waals surface area contributed by atoms with Crippen LogP contribution >= 0.6 is 15.9 Å². The van der Waals surface area contributed by atoms with Crippen molar-refractivity contribution < 1.29 is 0 Å². The summed E-state index contributed by atoms with van der Waals surface area (Å²) in [6, 6.07) is 8.07. The molecule has 96 valence electrons. The number of benzene rings is 1. The van der Waals surface area contributed by atoms with E-state index in [0.717, 1.165) is 16.7 Å². The zero-order valence-corrected chi connectivity index (χ0v) is 12.2. The number of piperidine rings is 1. The predicted molar refractivity (Wildman–Crippen MR) is 77.6 cm³/mol. The lowest BCUT2D eigenvalue weighted by molar-refractivity contribution is 0.226. The Morgan fingerprint density at radius 1 is 1.44 bits per heavy atom. The van der Waals surface area contributed by atoms with Crippen LogP contribution in [-0.4, -0.2) is 31.6 Å². The molecule has 0 radical (unpaired) electrons. The summed E-state index contributed by atoms with van der Waals surface area (Å²) in [5, 5.41) is 12.6. The molecule has 0 atom stereocenters. The average Bonchev–Trinajstić information content (AvgIpc) is 2.38. The highest BCUT2D eigenvalue weighted by Crippen LogP contribution is 2.25. The van der Waals surface area contributed by atoms with Crippen molar-refractivity contribution >= 4 is 21.6 Å². The van der Waals surface area contributed by atoms with Crippen molar-refractivity contribution in [3.05, 3.63) is 28.2 Å². The van der Waals surface area contributed by atoms with E-state index in [9.17, 15) is 0 Å². The van der Waals surface area contributed by atoms with Crippen molar-refractivity contribution in [1.29, 1.82) is 5.26 Å². The Morgan fingerprint density at radius 2 is 2.17 bits per heavy atom. The summed E-state index contributed by atoms with van der Waals surface area (Å²) < 4.78 is 0.860. The van der Waals surface area contributed by atoms with Gasteiger partial charge in [-0.05, 0) is 67.0 Å². The molecular formula is C14H18BrN3. The molecule has 1 heterocycles. The highest BCUT2D eigenvalue weighted by molar-refractivity contribution is 9.10. The topological polar surface area (TPSA) is 39.1 Å². The first-order valence-corrected chi connectivity index (χ1v) is 7.11. The number of likely N-dealkylation sites (tertiary alicyclic amines) is 1. The summed E-state index contributed by atoms with van der Waals surface area (Å²) >= 11 is 3.41. The van der Waals surface area contributed by atoms with Crippen molar-refractivity contribution in [3.63, 3.8) is 0 Å². The summed E-state index contributed by atoms with van der Waals surface area (Å²) in [6.45, 7) is 3.31. The monoisotopic (exact) mass is 307 g/mol. The second-order valence-corrected chi connectivity index (χ2v) is 5.76. The van der Waals surface area contributed by atoms with Crippen molar-refractivity contribution in [1.82, 2.24) is 4.90 Å². The molecule has 0 spiro atoms. The maximum atomic E-state index is 9.14. The number of nitriles is 1. The molecule has 1 aliphatic heterocycles. The minimum Gasteiger partial charge on any atom is -0.384 e. The van der Waals surface area contributed by atoms with E-state index in [1.807, 2.05) is 18.2 Å². The molecule has 0 unspecified atom stereocenters. The van der Waals surface area contributed by atoms with Crippen LogP contribution in [0.3, 0.4) is 0 Å². The molecule has 3 nitrogen and oxygen atoms in total. The molecule has 1 N–H and O–H groups in total. The molecule has 0 aromatic heterocycles. The van der Waals surface area contributed by atoms with Crippen LogP contribution in [0, 0.1) is 17.2 Å². The number of anilines is 1. The Morgan fingerprint density at radius 3 is 2.83 bits per heavy atom. The molecular weight excluding hydrogens is 290 g/mol. The van der Waals surface area contributed by atoms with E-state index in [4.69, 9.17) is 5.26 Å². The fraction of sp³-hybridized carbons (Fsp3) is 0.500. The fourth-order valence-corrected chi connectivity index (χ4v) is 2.76. The summed E-state index contributed by atoms with van der Waals surface area (Å²) in [5.74, 6) is 0.715. The van der Waals surface area contributed by atoms with Crippen LogP contribution in [-0.2, 0) is 0 Å². The van der Waals surface area contributed by atoms with Gasteiger partial charge in [-0.15, -0.1) is 0 Å². The van der Waals surface area contributed by atoms with Gasteiger partial charge in [-0.3, -0.25) is 0 Å². The van der Waals surface area contributed by atoms with Crippen LogP contribution in [0.2, 0.25) is 0 Å². The molecule has 1 aliphatic rings. The van der Waals surface area contributed by atoms with Crippen molar-refractivity contribution in [3.8, 4) is 6.07 Å². The minimum atomic E-state index is 0.699. The maximum absolute atomic E-state index is 9.14. The first kappa shape index (κ1) is 13.4. The number of hydrogen-bond acceptors (Lipinski definition) is 3. The van der Waals surface area contributed by atoms with Gasteiger partial charge in [0.25, 0.3) is 0 Å². The zero-order chi connectivity index (χ0) is 13.0. The van der Waals surface area contributed by atoms with Crippen LogP contribution in [0.15, 0.2) is 22.7 Å². The van der Waals surface area contributed by atoms with Crippen molar-refractivity contribution in [2.24, 2.45) is 5.92 Å². The number of nitrogens with zero attached hydrogens (tertiary/aromatic N) is 2. The van der Waals surface area contributed by atoms with Crippen molar-refractivity contribution in [2.75, 3.05) is 32.0 Å². The van der Waals surface area contributed by atoms with Gasteiger partial charge >= 0.3 is 0 Å². The van der Waals surface area contributed by atoms with E-state index in [1.165, 1.54) is 25.9 Å². The molecule has 1 aromatic carbocycles. The highest BCUT2D eigenvalue weighted by Gasteiger charge is 2.16. The predicted octanol–water partition coefficient (Wildman–Crippen LogP) is 3.07. The summed E-state index contributed by atoms with van der Waals surface area (Å²) in [4.78, 5) is 2.37. The van der Waals surface area contributed by atoms with E-state index < -0.39 is 0 Å². The summed E-state index contributed by atoms with van der Waals surface area (Å²) in [7, 11) is 2.17. The Balaban J connectivity index is 1.95. The second kappa shape index (κ2) is 6.21. The molecule has 1 fully saturated rings. The first-order chi connectivity index (χ1) is 8.70. The fourth-order valence-electron chi connectivity index (χ4n) is 2.31. The lowest BCUT2D eigenvalue weighted by Crippen LogP contribution is -2.33. The largest absolute Gasteiger partial charge is 0.384 e. The smallest absolute Gasteiger partial charge is 0.103 e. The van der Waals surface area contributed by atoms with Crippen LogP contribution in [0.5, 0.6) is 0 Å². The highest BCUT2D eigenvalue weighted by atomic mass is 79.9. The lowest BCUT2D eigenvalue weighted by atomic mass is 9.97. The van der Waals surface area contributed by atoms with Crippen LogP contribution in [0.25, 0.3) is 0 Å². The van der Waals surface area contributed by atoms with Gasteiger partial charge < -0.3 is 10.2 Å². The van der Waals surface area contributed by atoms with Gasteiger partial charge in [-0.25, -0.2) is 0 Å². The minimum absolute atomic E-state index is 0.699. The summed E-state index contributed by atoms with van der Waals surface area (Å²) in [5.41, 5.74) is 1.64. The van der Waals surface area contributed by atoms with Crippen LogP contribution in [0.1, 0.15) is 18.4 Å². The van der Waals surface area contributed by atoms with E-state index in [1.54, 1.807) is 0 Å². The van der Waals surface area contributed by atoms with E-state index in [0.29, 0.717) is 11.5 Å². The van der Waals surface area contributed by atoms with Gasteiger partial charge in [0.15, 0.2) is 0 Å². The third-order valence-electron chi connectivity index (χ3n) is 3.54. The standard InChI is InChI=1S/C14H18BrN3/c1-18-7-5-11(6-8-18)10-17-14-4-2-3-13(15)12(14)9-16/h2-4,11,17H,5-8,10H2,1H3. The number of hydrogen-bond donors (Lipinski definition) is 1. The molecule has 0 bridgehead atoms. The SMILES string of the molecule is CN1CCC(CNc2cccc(Br)c2C#N)CC1. The normalized spacial score (nSPS) is 17.4. The number of nitrogens with one attached hydrogen (secondary N) is 1. The zero-order valence-electron chi connectivity index (χ0n) is 10.6. The third kappa shape index (κ3) is 3.24. The quantitative estimate of drug-likeness (QED) is 0.933. The molecule has 0 saturated carbocycles. The molecule has 0 amide bonds. The molecule has 1 aromatic rings. The Kier molecular flexibility index (Phi) is 4.62. The number of rotatable bonds is 3. The van der Waals surface area contributed by atoms with Gasteiger partial charge in [0.1, 0.15) is 6.07 Å². The van der Waals surface area contributed by atoms with Gasteiger partial charge in [-0.2, -0.15) is 5.26 Å². The Hall–Kier alpha value is -1.05. The van der Waals surface area contributed by atoms with Gasteiger partial charge in [0.05, 0.1) is 11.3 Å². The molecule has 4 heteroatoms. The lowest BCUT2D eigenvalue weighted by Gasteiger charge is -2.29. The maximum Gasteiger partial charge on any atom is 0.103 e. The van der Waals surface area contributed by atoms with Crippen LogP contribution < -0.4 is 5.32 Å². The van der Waals surface area contributed by atoms with Crippen LogP contribution in [0.4, 0.5) is 5.69 Å².